The van der Waals surface area contributed by atoms with E-state index in [1.54, 1.807) is 12.1 Å². The molecule has 1 aliphatic rings. The molecule has 0 aliphatic carbocycles. The summed E-state index contributed by atoms with van der Waals surface area (Å²) in [6.45, 7) is 7.89. The predicted octanol–water partition coefficient (Wildman–Crippen LogP) is 0.835. The van der Waals surface area contributed by atoms with Gasteiger partial charge in [0.2, 0.25) is 0 Å². The molecule has 0 spiro atoms. The van der Waals surface area contributed by atoms with Gasteiger partial charge in [0, 0.05) is 5.46 Å². The molecule has 1 fully saturated rings. The second kappa shape index (κ2) is 3.97. The Bertz CT molecular complexity index is 507. The van der Waals surface area contributed by atoms with E-state index in [9.17, 15) is 0 Å². The average Bonchev–Trinajstić information content (AvgIpc) is 2.47. The van der Waals surface area contributed by atoms with Crippen LogP contribution in [-0.2, 0) is 9.31 Å². The largest absolute Gasteiger partial charge is 0.498 e. The molecule has 6 heteroatoms. The number of rotatable bonds is 1. The summed E-state index contributed by atoms with van der Waals surface area (Å²) >= 11 is 0. The first kappa shape index (κ1) is 12.9. The number of anilines is 1. The Kier molecular flexibility index (Phi) is 2.84. The molecule has 0 atom stereocenters. The summed E-state index contributed by atoms with van der Waals surface area (Å²) in [6.07, 6.45) is 0. The van der Waals surface area contributed by atoms with Gasteiger partial charge in [-0.05, 0) is 33.8 Å². The maximum Gasteiger partial charge on any atom is 0.498 e. The van der Waals surface area contributed by atoms with Crippen LogP contribution in [0.4, 0.5) is 5.82 Å². The highest BCUT2D eigenvalue weighted by Gasteiger charge is 2.52. The van der Waals surface area contributed by atoms with Gasteiger partial charge in [0.05, 0.1) is 11.2 Å². The zero-order chi connectivity index (χ0) is 13.6. The average molecular weight is 245 g/mol. The second-order valence-electron chi connectivity index (χ2n) is 5.37. The summed E-state index contributed by atoms with van der Waals surface area (Å²) < 4.78 is 11.8. The third-order valence-corrected chi connectivity index (χ3v) is 3.58. The smallest absolute Gasteiger partial charge is 0.399 e. The van der Waals surface area contributed by atoms with Crippen molar-refractivity contribution < 1.29 is 9.31 Å². The van der Waals surface area contributed by atoms with Crippen molar-refractivity contribution >= 4 is 18.4 Å². The quantitative estimate of drug-likeness (QED) is 0.741. The lowest BCUT2D eigenvalue weighted by Crippen LogP contribution is -2.41. The van der Waals surface area contributed by atoms with Crippen LogP contribution in [0, 0.1) is 11.3 Å². The predicted molar refractivity (Wildman–Crippen MR) is 69.1 cm³/mol. The summed E-state index contributed by atoms with van der Waals surface area (Å²) in [5.74, 6) is 0.271. The number of aromatic nitrogens is 1. The number of nitrogens with zero attached hydrogens (tertiary/aromatic N) is 2. The van der Waals surface area contributed by atoms with Gasteiger partial charge in [-0.3, -0.25) is 0 Å². The van der Waals surface area contributed by atoms with E-state index in [0.717, 1.165) is 0 Å². The third kappa shape index (κ3) is 1.96. The molecule has 5 nitrogen and oxygen atoms in total. The van der Waals surface area contributed by atoms with Gasteiger partial charge in [-0.2, -0.15) is 5.26 Å². The SMILES string of the molecule is CC1(C)OB(c2ccc(C#N)nc2N)OC1(C)C. The zero-order valence-corrected chi connectivity index (χ0v) is 11.0. The highest BCUT2D eigenvalue weighted by molar-refractivity contribution is 6.63. The van der Waals surface area contributed by atoms with Crippen molar-refractivity contribution in [2.45, 2.75) is 38.9 Å². The number of nitriles is 1. The third-order valence-electron chi connectivity index (χ3n) is 3.58. The molecular formula is C12H16BN3O2. The number of nitrogen functional groups attached to an aromatic ring is 1. The van der Waals surface area contributed by atoms with Gasteiger partial charge >= 0.3 is 7.12 Å². The van der Waals surface area contributed by atoms with Gasteiger partial charge in [0.1, 0.15) is 17.6 Å². The number of nitrogens with two attached hydrogens (primary N) is 1. The summed E-state index contributed by atoms with van der Waals surface area (Å²) in [5, 5.41) is 8.75. The molecule has 1 aromatic heterocycles. The number of hydrogen-bond acceptors (Lipinski definition) is 5. The normalized spacial score (nSPS) is 20.7. The van der Waals surface area contributed by atoms with Crippen LogP contribution in [-0.4, -0.2) is 23.3 Å². The fraction of sp³-hybridized carbons (Fsp3) is 0.500. The Morgan fingerprint density at radius 1 is 1.22 bits per heavy atom. The molecule has 1 saturated heterocycles. The molecule has 0 amide bonds. The molecule has 18 heavy (non-hydrogen) atoms. The van der Waals surface area contributed by atoms with Crippen molar-refractivity contribution in [3.63, 3.8) is 0 Å². The summed E-state index contributed by atoms with van der Waals surface area (Å²) in [4.78, 5) is 3.99. The molecule has 1 aromatic rings. The standard InChI is InChI=1S/C12H16BN3O2/c1-11(2)12(3,4)18-13(17-11)9-6-5-8(7-14)16-10(9)15/h5-6H,1-4H3,(H2,15,16). The Morgan fingerprint density at radius 3 is 2.22 bits per heavy atom. The van der Waals surface area contributed by atoms with Gasteiger partial charge < -0.3 is 15.0 Å². The monoisotopic (exact) mass is 245 g/mol. The molecule has 1 aliphatic heterocycles. The fourth-order valence-electron chi connectivity index (χ4n) is 1.72. The van der Waals surface area contributed by atoms with Crippen molar-refractivity contribution in [2.24, 2.45) is 0 Å². The minimum absolute atomic E-state index is 0.271. The van der Waals surface area contributed by atoms with Crippen molar-refractivity contribution in [2.75, 3.05) is 5.73 Å². The molecule has 2 heterocycles. The van der Waals surface area contributed by atoms with E-state index in [1.807, 2.05) is 33.8 Å². The van der Waals surface area contributed by atoms with Crippen LogP contribution in [0.3, 0.4) is 0 Å². The van der Waals surface area contributed by atoms with Crippen molar-refractivity contribution in [1.29, 1.82) is 5.26 Å². The molecule has 0 bridgehead atoms. The molecule has 0 radical (unpaired) electrons. The minimum atomic E-state index is -0.546. The molecule has 0 aromatic carbocycles. The number of hydrogen-bond donors (Lipinski definition) is 1. The van der Waals surface area contributed by atoms with Crippen LogP contribution < -0.4 is 11.2 Å². The molecule has 2 N–H and O–H groups in total. The van der Waals surface area contributed by atoms with Crippen molar-refractivity contribution in [1.82, 2.24) is 4.98 Å². The van der Waals surface area contributed by atoms with E-state index < -0.39 is 18.3 Å². The Morgan fingerprint density at radius 2 is 1.78 bits per heavy atom. The highest BCUT2D eigenvalue weighted by Crippen LogP contribution is 2.36. The molecule has 94 valence electrons. The Labute approximate surface area is 107 Å². The molecule has 0 saturated carbocycles. The lowest BCUT2D eigenvalue weighted by molar-refractivity contribution is 0.00578. The van der Waals surface area contributed by atoms with Crippen LogP contribution in [0.1, 0.15) is 33.4 Å². The molecule has 0 unspecified atom stereocenters. The number of pyridine rings is 1. The first-order valence-electron chi connectivity index (χ1n) is 5.79. The lowest BCUT2D eigenvalue weighted by atomic mass is 9.79. The second-order valence-corrected chi connectivity index (χ2v) is 5.37. The van der Waals surface area contributed by atoms with E-state index in [4.69, 9.17) is 20.3 Å². The van der Waals surface area contributed by atoms with Crippen LogP contribution in [0.2, 0.25) is 0 Å². The first-order chi connectivity index (χ1) is 8.27. The van der Waals surface area contributed by atoms with E-state index in [2.05, 4.69) is 4.98 Å². The van der Waals surface area contributed by atoms with Gasteiger partial charge in [-0.15, -0.1) is 0 Å². The maximum absolute atomic E-state index is 8.75. The fourth-order valence-corrected chi connectivity index (χ4v) is 1.72. The van der Waals surface area contributed by atoms with E-state index >= 15 is 0 Å². The zero-order valence-electron chi connectivity index (χ0n) is 11.0. The maximum atomic E-state index is 8.75. The summed E-state index contributed by atoms with van der Waals surface area (Å²) in [5.41, 5.74) is 5.94. The van der Waals surface area contributed by atoms with Gasteiger partial charge in [-0.25, -0.2) is 4.98 Å². The van der Waals surface area contributed by atoms with Crippen LogP contribution in [0.5, 0.6) is 0 Å². The summed E-state index contributed by atoms with van der Waals surface area (Å²) in [6, 6.07) is 5.28. The van der Waals surface area contributed by atoms with E-state index in [1.165, 1.54) is 0 Å². The van der Waals surface area contributed by atoms with Crippen LogP contribution in [0.25, 0.3) is 0 Å². The topological polar surface area (TPSA) is 81.2 Å². The first-order valence-corrected chi connectivity index (χ1v) is 5.79. The summed E-state index contributed by atoms with van der Waals surface area (Å²) in [7, 11) is -0.546. The van der Waals surface area contributed by atoms with E-state index in [0.29, 0.717) is 5.46 Å². The van der Waals surface area contributed by atoms with Crippen LogP contribution in [0.15, 0.2) is 12.1 Å². The van der Waals surface area contributed by atoms with Gasteiger partial charge in [0.15, 0.2) is 0 Å². The van der Waals surface area contributed by atoms with Crippen molar-refractivity contribution in [3.8, 4) is 6.07 Å². The molecule has 2 rings (SSSR count). The van der Waals surface area contributed by atoms with Crippen molar-refractivity contribution in [3.05, 3.63) is 17.8 Å². The van der Waals surface area contributed by atoms with E-state index in [-0.39, 0.29) is 11.5 Å². The Hall–Kier alpha value is -1.58. The minimum Gasteiger partial charge on any atom is -0.399 e. The van der Waals surface area contributed by atoms with Gasteiger partial charge in [0.25, 0.3) is 0 Å². The Balaban J connectivity index is 2.33. The van der Waals surface area contributed by atoms with Crippen LogP contribution >= 0.6 is 0 Å². The highest BCUT2D eigenvalue weighted by atomic mass is 16.7. The molecular weight excluding hydrogens is 229 g/mol. The lowest BCUT2D eigenvalue weighted by Gasteiger charge is -2.32. The van der Waals surface area contributed by atoms with Gasteiger partial charge in [-0.1, -0.05) is 6.07 Å².